The SMILES string of the molecule is COC(=O)CCCNC(=O)CSc1nc2cc(Cl)ccc2s1. The summed E-state index contributed by atoms with van der Waals surface area (Å²) in [6.07, 6.45) is 0.880. The van der Waals surface area contributed by atoms with Crippen molar-refractivity contribution in [2.24, 2.45) is 0 Å². The maximum absolute atomic E-state index is 11.7. The van der Waals surface area contributed by atoms with Crippen molar-refractivity contribution in [3.05, 3.63) is 23.2 Å². The van der Waals surface area contributed by atoms with Gasteiger partial charge in [0.25, 0.3) is 0 Å². The number of carbonyl (C=O) groups excluding carboxylic acids is 2. The van der Waals surface area contributed by atoms with Gasteiger partial charge in [0, 0.05) is 18.0 Å². The van der Waals surface area contributed by atoms with Crippen molar-refractivity contribution in [3.63, 3.8) is 0 Å². The van der Waals surface area contributed by atoms with Gasteiger partial charge in [-0.25, -0.2) is 4.98 Å². The summed E-state index contributed by atoms with van der Waals surface area (Å²) < 4.78 is 6.41. The van der Waals surface area contributed by atoms with Gasteiger partial charge in [-0.1, -0.05) is 23.4 Å². The van der Waals surface area contributed by atoms with Gasteiger partial charge in [0.2, 0.25) is 5.91 Å². The van der Waals surface area contributed by atoms with Gasteiger partial charge in [0.15, 0.2) is 4.34 Å². The molecule has 22 heavy (non-hydrogen) atoms. The third-order valence-electron chi connectivity index (χ3n) is 2.76. The second-order valence-electron chi connectivity index (χ2n) is 4.41. The largest absolute Gasteiger partial charge is 0.469 e. The third kappa shape index (κ3) is 5.15. The number of aromatic nitrogens is 1. The highest BCUT2D eigenvalue weighted by atomic mass is 35.5. The molecule has 0 saturated carbocycles. The van der Waals surface area contributed by atoms with Crippen LogP contribution in [0.5, 0.6) is 0 Å². The van der Waals surface area contributed by atoms with Crippen LogP contribution >= 0.6 is 34.7 Å². The molecule has 2 rings (SSSR count). The van der Waals surface area contributed by atoms with Crippen molar-refractivity contribution >= 4 is 56.8 Å². The first-order valence-corrected chi connectivity index (χ1v) is 8.79. The minimum absolute atomic E-state index is 0.0767. The number of hydrogen-bond donors (Lipinski definition) is 1. The molecule has 1 amide bonds. The number of rotatable bonds is 7. The van der Waals surface area contributed by atoms with Crippen LogP contribution in [0, 0.1) is 0 Å². The van der Waals surface area contributed by atoms with Gasteiger partial charge in [-0.3, -0.25) is 9.59 Å². The summed E-state index contributed by atoms with van der Waals surface area (Å²) in [6, 6.07) is 5.56. The number of halogens is 1. The lowest BCUT2D eigenvalue weighted by Gasteiger charge is -2.03. The topological polar surface area (TPSA) is 68.3 Å². The lowest BCUT2D eigenvalue weighted by Crippen LogP contribution is -2.26. The summed E-state index contributed by atoms with van der Waals surface area (Å²) in [6.45, 7) is 0.462. The number of benzene rings is 1. The summed E-state index contributed by atoms with van der Waals surface area (Å²) in [5.74, 6) is -0.0462. The minimum atomic E-state index is -0.267. The molecule has 0 aliphatic rings. The first kappa shape index (κ1) is 17.1. The quantitative estimate of drug-likeness (QED) is 0.468. The van der Waals surface area contributed by atoms with Crippen LogP contribution in [0.2, 0.25) is 5.02 Å². The van der Waals surface area contributed by atoms with E-state index in [-0.39, 0.29) is 11.9 Å². The van der Waals surface area contributed by atoms with Crippen LogP contribution in [0.4, 0.5) is 0 Å². The van der Waals surface area contributed by atoms with Crippen molar-refractivity contribution in [1.29, 1.82) is 0 Å². The van der Waals surface area contributed by atoms with Gasteiger partial charge in [0.1, 0.15) is 0 Å². The maximum atomic E-state index is 11.7. The summed E-state index contributed by atoms with van der Waals surface area (Å²) in [4.78, 5) is 27.1. The van der Waals surface area contributed by atoms with E-state index in [0.717, 1.165) is 14.6 Å². The van der Waals surface area contributed by atoms with Crippen molar-refractivity contribution in [3.8, 4) is 0 Å². The van der Waals surface area contributed by atoms with Crippen LogP contribution in [0.15, 0.2) is 22.5 Å². The Kier molecular flexibility index (Phi) is 6.48. The van der Waals surface area contributed by atoms with Crippen molar-refractivity contribution in [1.82, 2.24) is 10.3 Å². The number of esters is 1. The molecule has 0 aliphatic heterocycles. The van der Waals surface area contributed by atoms with Crippen molar-refractivity contribution < 1.29 is 14.3 Å². The third-order valence-corrected chi connectivity index (χ3v) is 5.18. The molecule has 0 aliphatic carbocycles. The fourth-order valence-electron chi connectivity index (χ4n) is 1.68. The molecule has 0 saturated heterocycles. The molecule has 2 aromatic rings. The van der Waals surface area contributed by atoms with E-state index in [0.29, 0.717) is 30.2 Å². The predicted molar refractivity (Wildman–Crippen MR) is 89.6 cm³/mol. The van der Waals surface area contributed by atoms with Gasteiger partial charge in [-0.2, -0.15) is 0 Å². The van der Waals surface area contributed by atoms with Crippen molar-refractivity contribution in [2.75, 3.05) is 19.4 Å². The normalized spacial score (nSPS) is 10.6. The van der Waals surface area contributed by atoms with E-state index >= 15 is 0 Å². The summed E-state index contributed by atoms with van der Waals surface area (Å²) in [5.41, 5.74) is 0.846. The van der Waals surface area contributed by atoms with Gasteiger partial charge >= 0.3 is 5.97 Å². The molecule has 1 N–H and O–H groups in total. The Bertz CT molecular complexity index is 675. The Labute approximate surface area is 141 Å². The lowest BCUT2D eigenvalue weighted by molar-refractivity contribution is -0.140. The fraction of sp³-hybridized carbons (Fsp3) is 0.357. The Morgan fingerprint density at radius 1 is 1.45 bits per heavy atom. The van der Waals surface area contributed by atoms with E-state index in [9.17, 15) is 9.59 Å². The Morgan fingerprint density at radius 3 is 3.05 bits per heavy atom. The molecule has 1 aromatic carbocycles. The number of amides is 1. The standard InChI is InChI=1S/C14H15ClN2O3S2/c1-20-13(19)3-2-6-16-12(18)8-21-14-17-10-7-9(15)4-5-11(10)22-14/h4-5,7H,2-3,6,8H2,1H3,(H,16,18). The van der Waals surface area contributed by atoms with E-state index < -0.39 is 0 Å². The molecule has 1 aromatic heterocycles. The number of nitrogens with one attached hydrogen (secondary N) is 1. The zero-order chi connectivity index (χ0) is 15.9. The van der Waals surface area contributed by atoms with E-state index in [1.54, 1.807) is 0 Å². The van der Waals surface area contributed by atoms with Crippen LogP contribution in [0.1, 0.15) is 12.8 Å². The summed E-state index contributed by atoms with van der Waals surface area (Å²) >= 11 is 8.84. The number of methoxy groups -OCH3 is 1. The number of fused-ring (bicyclic) bond motifs is 1. The molecular weight excluding hydrogens is 344 g/mol. The Balaban J connectivity index is 1.74. The van der Waals surface area contributed by atoms with Crippen LogP contribution in [0.3, 0.4) is 0 Å². The van der Waals surface area contributed by atoms with E-state index in [1.807, 2.05) is 18.2 Å². The van der Waals surface area contributed by atoms with E-state index in [1.165, 1.54) is 30.2 Å². The zero-order valence-corrected chi connectivity index (χ0v) is 14.3. The van der Waals surface area contributed by atoms with Crippen LogP contribution < -0.4 is 5.32 Å². The summed E-state index contributed by atoms with van der Waals surface area (Å²) in [7, 11) is 1.35. The number of ether oxygens (including phenoxy) is 1. The molecule has 5 nitrogen and oxygen atoms in total. The number of hydrogen-bond acceptors (Lipinski definition) is 6. The number of thiazole rings is 1. The molecule has 0 spiro atoms. The molecule has 8 heteroatoms. The average molecular weight is 359 g/mol. The smallest absolute Gasteiger partial charge is 0.305 e. The number of carbonyl (C=O) groups is 2. The van der Waals surface area contributed by atoms with E-state index in [4.69, 9.17) is 11.6 Å². The molecule has 0 unspecified atom stereocenters. The zero-order valence-electron chi connectivity index (χ0n) is 11.9. The minimum Gasteiger partial charge on any atom is -0.469 e. The van der Waals surface area contributed by atoms with Gasteiger partial charge < -0.3 is 10.1 Å². The van der Waals surface area contributed by atoms with E-state index in [2.05, 4.69) is 15.0 Å². The Hall–Kier alpha value is -1.31. The molecule has 0 fully saturated rings. The summed E-state index contributed by atoms with van der Waals surface area (Å²) in [5, 5.41) is 3.41. The Morgan fingerprint density at radius 2 is 2.27 bits per heavy atom. The second-order valence-corrected chi connectivity index (χ2v) is 7.10. The van der Waals surface area contributed by atoms with Gasteiger partial charge in [-0.05, 0) is 24.6 Å². The molecular formula is C14H15ClN2O3S2. The van der Waals surface area contributed by atoms with Crippen molar-refractivity contribution in [2.45, 2.75) is 17.2 Å². The molecule has 0 radical (unpaired) electrons. The first-order valence-electron chi connectivity index (χ1n) is 6.61. The monoisotopic (exact) mass is 358 g/mol. The average Bonchev–Trinajstić information content (AvgIpc) is 2.91. The highest BCUT2D eigenvalue weighted by Crippen LogP contribution is 2.30. The molecule has 0 atom stereocenters. The molecule has 1 heterocycles. The first-order chi connectivity index (χ1) is 10.6. The second kappa shape index (κ2) is 8.36. The fourth-order valence-corrected chi connectivity index (χ4v) is 3.73. The molecule has 118 valence electrons. The predicted octanol–water partition coefficient (Wildman–Crippen LogP) is 3.11. The highest BCUT2D eigenvalue weighted by molar-refractivity contribution is 8.01. The van der Waals surface area contributed by atoms with Crippen LogP contribution in [0.25, 0.3) is 10.2 Å². The maximum Gasteiger partial charge on any atom is 0.305 e. The van der Waals surface area contributed by atoms with Gasteiger partial charge in [-0.15, -0.1) is 11.3 Å². The number of thioether (sulfide) groups is 1. The lowest BCUT2D eigenvalue weighted by atomic mass is 10.3. The van der Waals surface area contributed by atoms with Crippen LogP contribution in [-0.4, -0.2) is 36.3 Å². The molecule has 0 bridgehead atoms. The van der Waals surface area contributed by atoms with Crippen LogP contribution in [-0.2, 0) is 14.3 Å². The van der Waals surface area contributed by atoms with Gasteiger partial charge in [0.05, 0.1) is 23.1 Å². The number of nitrogens with zero attached hydrogens (tertiary/aromatic N) is 1. The highest BCUT2D eigenvalue weighted by Gasteiger charge is 2.08.